The van der Waals surface area contributed by atoms with E-state index in [0.717, 1.165) is 24.1 Å². The van der Waals surface area contributed by atoms with Crippen LogP contribution in [0.5, 0.6) is 0 Å². The largest absolute Gasteiger partial charge is 0.499 e. The van der Waals surface area contributed by atoms with Gasteiger partial charge in [-0.1, -0.05) is 24.4 Å². The molecule has 0 atom stereocenters. The first kappa shape index (κ1) is 15.3. The average Bonchev–Trinajstić information content (AvgIpc) is 2.96. The Labute approximate surface area is 131 Å². The fourth-order valence-corrected chi connectivity index (χ4v) is 3.12. The minimum absolute atomic E-state index is 0.384. The third-order valence-corrected chi connectivity index (χ3v) is 5.32. The first-order valence-corrected chi connectivity index (χ1v) is 8.06. The molecule has 2 fully saturated rings. The van der Waals surface area contributed by atoms with E-state index < -0.39 is 7.12 Å². The molecule has 1 aliphatic carbocycles. The molecule has 6 heteroatoms. The molecule has 0 N–H and O–H groups in total. The lowest BCUT2D eigenvalue weighted by Gasteiger charge is -2.32. The summed E-state index contributed by atoms with van der Waals surface area (Å²) in [6.07, 6.45) is 6.60. The van der Waals surface area contributed by atoms with Crippen LogP contribution in [0.15, 0.2) is 6.20 Å². The highest BCUT2D eigenvalue weighted by Gasteiger charge is 2.52. The van der Waals surface area contributed by atoms with Crippen LogP contribution in [0.4, 0.5) is 0 Å². The minimum Gasteiger partial charge on any atom is -0.399 e. The van der Waals surface area contributed by atoms with Gasteiger partial charge in [-0.15, -0.1) is 0 Å². The Hall–Kier alpha value is -0.645. The normalized spacial score (nSPS) is 24.7. The molecule has 1 saturated carbocycles. The van der Waals surface area contributed by atoms with Crippen molar-refractivity contribution >= 4 is 24.2 Å². The van der Waals surface area contributed by atoms with Gasteiger partial charge in [-0.05, 0) is 40.5 Å². The predicted octanol–water partition coefficient (Wildman–Crippen LogP) is 3.09. The van der Waals surface area contributed by atoms with Gasteiger partial charge < -0.3 is 9.31 Å². The number of nitrogens with zero attached hydrogens (tertiary/aromatic N) is 2. The Morgan fingerprint density at radius 3 is 2.24 bits per heavy atom. The van der Waals surface area contributed by atoms with Crippen LogP contribution in [0, 0.1) is 0 Å². The van der Waals surface area contributed by atoms with E-state index in [9.17, 15) is 0 Å². The SMILES string of the molecule is CC1(C)OB(c2cnc(C3CCCC3)nc2Cl)OC1(C)C. The molecule has 2 heterocycles. The minimum atomic E-state index is -0.500. The summed E-state index contributed by atoms with van der Waals surface area (Å²) in [5.74, 6) is 1.31. The van der Waals surface area contributed by atoms with Gasteiger partial charge in [0.1, 0.15) is 11.0 Å². The summed E-state index contributed by atoms with van der Waals surface area (Å²) >= 11 is 6.36. The molecule has 0 spiro atoms. The summed E-state index contributed by atoms with van der Waals surface area (Å²) in [6.45, 7) is 8.09. The predicted molar refractivity (Wildman–Crippen MR) is 84.0 cm³/mol. The van der Waals surface area contributed by atoms with Gasteiger partial charge in [-0.2, -0.15) is 0 Å². The topological polar surface area (TPSA) is 44.2 Å². The second-order valence-corrected chi connectivity index (χ2v) is 7.40. The fourth-order valence-electron chi connectivity index (χ4n) is 2.89. The zero-order chi connectivity index (χ0) is 15.3. The van der Waals surface area contributed by atoms with Crippen molar-refractivity contribution in [3.05, 3.63) is 17.2 Å². The lowest BCUT2D eigenvalue weighted by molar-refractivity contribution is 0.00578. The van der Waals surface area contributed by atoms with Crippen LogP contribution in [0.3, 0.4) is 0 Å². The highest BCUT2D eigenvalue weighted by Crippen LogP contribution is 2.37. The Balaban J connectivity index is 1.84. The summed E-state index contributed by atoms with van der Waals surface area (Å²) in [6, 6.07) is 0. The van der Waals surface area contributed by atoms with Crippen LogP contribution >= 0.6 is 11.6 Å². The van der Waals surface area contributed by atoms with E-state index >= 15 is 0 Å². The Kier molecular flexibility index (Phi) is 3.79. The molecule has 0 radical (unpaired) electrons. The third kappa shape index (κ3) is 2.71. The number of hydrogen-bond donors (Lipinski definition) is 0. The Morgan fingerprint density at radius 2 is 1.71 bits per heavy atom. The van der Waals surface area contributed by atoms with Gasteiger partial charge in [-0.25, -0.2) is 9.97 Å². The molecule has 0 amide bonds. The van der Waals surface area contributed by atoms with Gasteiger partial charge in [-0.3, -0.25) is 0 Å². The summed E-state index contributed by atoms with van der Waals surface area (Å²) < 4.78 is 12.0. The molecule has 1 aromatic heterocycles. The van der Waals surface area contributed by atoms with Crippen LogP contribution in [-0.2, 0) is 9.31 Å². The van der Waals surface area contributed by atoms with Crippen LogP contribution in [0.25, 0.3) is 0 Å². The molecule has 0 bridgehead atoms. The molecular formula is C15H22BClN2O2. The van der Waals surface area contributed by atoms with E-state index in [0.29, 0.717) is 11.1 Å². The first-order chi connectivity index (χ1) is 9.80. The molecular weight excluding hydrogens is 286 g/mol. The van der Waals surface area contributed by atoms with Crippen LogP contribution < -0.4 is 5.46 Å². The number of hydrogen-bond acceptors (Lipinski definition) is 4. The van der Waals surface area contributed by atoms with Gasteiger partial charge >= 0.3 is 7.12 Å². The monoisotopic (exact) mass is 308 g/mol. The molecule has 4 nitrogen and oxygen atoms in total. The molecule has 114 valence electrons. The Morgan fingerprint density at radius 1 is 1.14 bits per heavy atom. The van der Waals surface area contributed by atoms with Crippen LogP contribution in [-0.4, -0.2) is 28.3 Å². The second-order valence-electron chi connectivity index (χ2n) is 7.04. The first-order valence-electron chi connectivity index (χ1n) is 7.68. The third-order valence-electron chi connectivity index (χ3n) is 5.01. The summed E-state index contributed by atoms with van der Waals surface area (Å²) in [5, 5.41) is 0.449. The lowest BCUT2D eigenvalue weighted by atomic mass is 9.81. The number of aromatic nitrogens is 2. The van der Waals surface area contributed by atoms with Gasteiger partial charge in [0.15, 0.2) is 0 Å². The van der Waals surface area contributed by atoms with E-state index in [1.807, 2.05) is 27.7 Å². The molecule has 1 saturated heterocycles. The van der Waals surface area contributed by atoms with Crippen LogP contribution in [0.1, 0.15) is 65.1 Å². The van der Waals surface area contributed by atoms with Gasteiger partial charge in [0.05, 0.1) is 11.2 Å². The zero-order valence-electron chi connectivity index (χ0n) is 13.1. The van der Waals surface area contributed by atoms with Crippen molar-refractivity contribution in [1.82, 2.24) is 9.97 Å². The maximum Gasteiger partial charge on any atom is 0.499 e. The van der Waals surface area contributed by atoms with E-state index in [1.165, 1.54) is 12.8 Å². The zero-order valence-corrected chi connectivity index (χ0v) is 13.9. The maximum absolute atomic E-state index is 6.36. The number of halogens is 1. The molecule has 2 aliphatic rings. The smallest absolute Gasteiger partial charge is 0.399 e. The van der Waals surface area contributed by atoms with Gasteiger partial charge in [0.2, 0.25) is 0 Å². The molecule has 0 unspecified atom stereocenters. The van der Waals surface area contributed by atoms with E-state index in [1.54, 1.807) is 6.20 Å². The Bertz CT molecular complexity index is 528. The summed E-state index contributed by atoms with van der Waals surface area (Å²) in [4.78, 5) is 9.00. The molecule has 1 aromatic rings. The van der Waals surface area contributed by atoms with Gasteiger partial charge in [0, 0.05) is 17.6 Å². The summed E-state index contributed by atoms with van der Waals surface area (Å²) in [7, 11) is -0.500. The van der Waals surface area contributed by atoms with Crippen molar-refractivity contribution in [2.45, 2.75) is 70.5 Å². The molecule has 1 aliphatic heterocycles. The second kappa shape index (κ2) is 5.22. The van der Waals surface area contributed by atoms with E-state index in [-0.39, 0.29) is 11.2 Å². The highest BCUT2D eigenvalue weighted by atomic mass is 35.5. The molecule has 21 heavy (non-hydrogen) atoms. The molecule has 3 rings (SSSR count). The van der Waals surface area contributed by atoms with Crippen LogP contribution in [0.2, 0.25) is 5.15 Å². The fraction of sp³-hybridized carbons (Fsp3) is 0.733. The van der Waals surface area contributed by atoms with Crippen molar-refractivity contribution in [1.29, 1.82) is 0 Å². The molecule has 0 aromatic carbocycles. The quantitative estimate of drug-likeness (QED) is 0.622. The van der Waals surface area contributed by atoms with Crippen molar-refractivity contribution in [2.24, 2.45) is 0 Å². The summed E-state index contributed by atoms with van der Waals surface area (Å²) in [5.41, 5.74) is -0.0481. The van der Waals surface area contributed by atoms with E-state index in [2.05, 4.69) is 9.97 Å². The average molecular weight is 309 g/mol. The lowest BCUT2D eigenvalue weighted by Crippen LogP contribution is -2.41. The van der Waals surface area contributed by atoms with Gasteiger partial charge in [0.25, 0.3) is 0 Å². The van der Waals surface area contributed by atoms with Crippen molar-refractivity contribution in [3.63, 3.8) is 0 Å². The van der Waals surface area contributed by atoms with E-state index in [4.69, 9.17) is 20.9 Å². The van der Waals surface area contributed by atoms with Crippen molar-refractivity contribution < 1.29 is 9.31 Å². The standard InChI is InChI=1S/C15H22BClN2O2/c1-14(2)15(3,4)21-16(20-14)11-9-18-13(19-12(11)17)10-7-5-6-8-10/h9-10H,5-8H2,1-4H3. The highest BCUT2D eigenvalue weighted by molar-refractivity contribution is 6.65. The van der Waals surface area contributed by atoms with Crippen molar-refractivity contribution in [2.75, 3.05) is 0 Å². The number of rotatable bonds is 2. The van der Waals surface area contributed by atoms with Crippen molar-refractivity contribution in [3.8, 4) is 0 Å². The maximum atomic E-state index is 6.36.